The van der Waals surface area contributed by atoms with Crippen molar-refractivity contribution in [1.82, 2.24) is 10.6 Å². The van der Waals surface area contributed by atoms with Crippen LogP contribution in [-0.4, -0.2) is 105 Å². The van der Waals surface area contributed by atoms with Gasteiger partial charge in [0.15, 0.2) is 0 Å². The largest absolute Gasteiger partial charge is 0.396 e. The molecule has 0 rings (SSSR count). The van der Waals surface area contributed by atoms with E-state index in [4.69, 9.17) is 33.8 Å². The maximum Gasteiger partial charge on any atom is 0.389 e. The third-order valence-corrected chi connectivity index (χ3v) is 7.68. The van der Waals surface area contributed by atoms with Crippen LogP contribution in [0.5, 0.6) is 0 Å². The number of ether oxygens (including phenoxy) is 2. The molecule has 0 bridgehead atoms. The van der Waals surface area contributed by atoms with Gasteiger partial charge in [0, 0.05) is 39.1 Å². The zero-order chi connectivity index (χ0) is 25.5. The van der Waals surface area contributed by atoms with Gasteiger partial charge in [-0.25, -0.2) is 4.57 Å². The highest BCUT2D eigenvalue weighted by Crippen LogP contribution is 2.59. The summed E-state index contributed by atoms with van der Waals surface area (Å²) in [7, 11) is 0. The Labute approximate surface area is 205 Å². The molecule has 12 nitrogen and oxygen atoms in total. The monoisotopic (exact) mass is 532 g/mol. The number of unbranched alkanes of at least 4 members (excludes halogenated alkanes) is 2. The van der Waals surface area contributed by atoms with Gasteiger partial charge < -0.3 is 35.4 Å². The second-order valence-corrected chi connectivity index (χ2v) is 11.3. The second kappa shape index (κ2) is 22.7. The molecule has 0 aromatic heterocycles. The van der Waals surface area contributed by atoms with Gasteiger partial charge in [0.2, 0.25) is 11.8 Å². The van der Waals surface area contributed by atoms with Crippen LogP contribution in [0.25, 0.3) is 0 Å². The molecule has 0 aliphatic rings. The molecule has 0 aliphatic heterocycles. The molecule has 14 heteroatoms. The first kappa shape index (κ1) is 33.2. The summed E-state index contributed by atoms with van der Waals surface area (Å²) in [6.07, 6.45) is 3.34. The summed E-state index contributed by atoms with van der Waals surface area (Å²) in [5.41, 5.74) is 0. The Balaban J connectivity index is 4.66. The fourth-order valence-electron chi connectivity index (χ4n) is 2.48. The molecule has 0 heterocycles. The van der Waals surface area contributed by atoms with Gasteiger partial charge in [0.25, 0.3) is 0 Å². The Morgan fingerprint density at radius 2 is 1.29 bits per heavy atom. The van der Waals surface area contributed by atoms with Crippen LogP contribution in [0.2, 0.25) is 0 Å². The van der Waals surface area contributed by atoms with E-state index in [9.17, 15) is 14.2 Å². The van der Waals surface area contributed by atoms with Crippen molar-refractivity contribution in [3.8, 4) is 0 Å². The van der Waals surface area contributed by atoms with Crippen molar-refractivity contribution in [3.05, 3.63) is 0 Å². The number of amides is 2. The van der Waals surface area contributed by atoms with Crippen LogP contribution in [0, 0.1) is 0 Å². The lowest BCUT2D eigenvalue weighted by Gasteiger charge is -2.24. The van der Waals surface area contributed by atoms with Gasteiger partial charge in [-0.05, 0) is 43.3 Å². The summed E-state index contributed by atoms with van der Waals surface area (Å²) in [5.74, 6) is -0.485. The van der Waals surface area contributed by atoms with E-state index in [1.165, 1.54) is 0 Å². The first-order chi connectivity index (χ1) is 16.4. The highest BCUT2D eigenvalue weighted by molar-refractivity contribution is 8.54. The lowest BCUT2D eigenvalue weighted by atomic mass is 10.2. The summed E-state index contributed by atoms with van der Waals surface area (Å²) in [5, 5.41) is 31.7. The number of aliphatic hydroxyl groups is 3. The molecule has 0 saturated carbocycles. The lowest BCUT2D eigenvalue weighted by molar-refractivity contribution is -0.121. The zero-order valence-corrected chi connectivity index (χ0v) is 21.7. The van der Waals surface area contributed by atoms with Crippen molar-refractivity contribution in [3.63, 3.8) is 0 Å². The third kappa shape index (κ3) is 19.5. The van der Waals surface area contributed by atoms with E-state index in [0.717, 1.165) is 11.4 Å². The fraction of sp³-hybridized carbons (Fsp3) is 0.900. The fourth-order valence-corrected chi connectivity index (χ4v) is 4.70. The minimum absolute atomic E-state index is 0.00583. The van der Waals surface area contributed by atoms with Crippen LogP contribution in [0.4, 0.5) is 0 Å². The Morgan fingerprint density at radius 3 is 1.76 bits per heavy atom. The predicted molar refractivity (Wildman–Crippen MR) is 129 cm³/mol. The normalized spacial score (nSPS) is 13.1. The lowest BCUT2D eigenvalue weighted by Crippen LogP contribution is -2.41. The first-order valence-electron chi connectivity index (χ1n) is 11.4. The zero-order valence-electron chi connectivity index (χ0n) is 19.9. The number of nitrogens with one attached hydrogen (secondary N) is 2. The highest BCUT2D eigenvalue weighted by Gasteiger charge is 2.29. The number of hydrogen-bond acceptors (Lipinski definition) is 11. The van der Waals surface area contributed by atoms with Gasteiger partial charge in [-0.15, -0.1) is 0 Å². The molecule has 0 aromatic carbocycles. The van der Waals surface area contributed by atoms with Crippen LogP contribution < -0.4 is 10.6 Å². The van der Waals surface area contributed by atoms with Crippen LogP contribution >= 0.6 is 18.2 Å². The SMILES string of the molecule is CSP(=O)(OCCOCCOCCO)OC(CNC(=O)CCCCO)CNC(=O)CCCCO. The van der Waals surface area contributed by atoms with Crippen molar-refractivity contribution >= 4 is 30.0 Å². The maximum absolute atomic E-state index is 13.0. The molecule has 202 valence electrons. The van der Waals surface area contributed by atoms with E-state index in [2.05, 4.69) is 10.6 Å². The Morgan fingerprint density at radius 1 is 0.794 bits per heavy atom. The van der Waals surface area contributed by atoms with Crippen molar-refractivity contribution in [1.29, 1.82) is 0 Å². The molecular formula is C20H41N2O10PS. The molecular weight excluding hydrogens is 491 g/mol. The number of carbonyl (C=O) groups is 2. The summed E-state index contributed by atoms with van der Waals surface area (Å²) >= 11 is 0.900. The minimum atomic E-state index is -3.59. The standard InChI is InChI=1S/C20H41N2O10PS/c1-34-33(28,31-15-14-30-13-12-29-11-10-25)32-18(16-21-19(26)6-2-4-8-23)17-22-20(27)7-3-5-9-24/h18,23-25H,2-17H2,1H3,(H,21,26)(H,22,27). The van der Waals surface area contributed by atoms with Crippen molar-refractivity contribution in [2.75, 3.05) is 72.2 Å². The average Bonchev–Trinajstić information content (AvgIpc) is 2.83. The number of rotatable bonds is 24. The second-order valence-electron chi connectivity index (χ2n) is 7.11. The molecule has 0 radical (unpaired) electrons. The van der Waals surface area contributed by atoms with E-state index in [0.29, 0.717) is 38.9 Å². The quantitative estimate of drug-likeness (QED) is 0.0862. The predicted octanol–water partition coefficient (Wildman–Crippen LogP) is 0.442. The van der Waals surface area contributed by atoms with Crippen LogP contribution in [0.1, 0.15) is 38.5 Å². The minimum Gasteiger partial charge on any atom is -0.396 e. The Bertz CT molecular complexity index is 547. The van der Waals surface area contributed by atoms with Crippen LogP contribution in [0.15, 0.2) is 0 Å². The highest BCUT2D eigenvalue weighted by atomic mass is 32.7. The number of carbonyl (C=O) groups excluding carboxylic acids is 2. The molecule has 34 heavy (non-hydrogen) atoms. The van der Waals surface area contributed by atoms with Crippen molar-refractivity contribution in [2.24, 2.45) is 0 Å². The molecule has 0 spiro atoms. The smallest absolute Gasteiger partial charge is 0.389 e. The van der Waals surface area contributed by atoms with Gasteiger partial charge in [-0.2, -0.15) is 0 Å². The average molecular weight is 533 g/mol. The summed E-state index contributed by atoms with van der Waals surface area (Å²) in [4.78, 5) is 24.0. The van der Waals surface area contributed by atoms with Gasteiger partial charge in [0.05, 0.1) is 39.6 Å². The van der Waals surface area contributed by atoms with E-state index in [-0.39, 0.29) is 77.4 Å². The summed E-state index contributed by atoms with van der Waals surface area (Å²) < 4.78 is 34.5. The first-order valence-corrected chi connectivity index (χ1v) is 14.8. The Hall–Kier alpha value is -0.760. The van der Waals surface area contributed by atoms with Crippen molar-refractivity contribution in [2.45, 2.75) is 44.6 Å². The molecule has 0 aromatic rings. The molecule has 1 unspecified atom stereocenters. The van der Waals surface area contributed by atoms with Crippen molar-refractivity contribution < 1.29 is 48.0 Å². The topological polar surface area (TPSA) is 173 Å². The van der Waals surface area contributed by atoms with E-state index < -0.39 is 12.9 Å². The number of hydrogen-bond donors (Lipinski definition) is 5. The van der Waals surface area contributed by atoms with E-state index in [1.54, 1.807) is 6.26 Å². The van der Waals surface area contributed by atoms with Crippen LogP contribution in [-0.2, 0) is 32.7 Å². The third-order valence-electron chi connectivity index (χ3n) is 4.26. The Kier molecular flexibility index (Phi) is 22.2. The molecule has 0 fully saturated rings. The molecule has 0 saturated heterocycles. The summed E-state index contributed by atoms with van der Waals surface area (Å²) in [6.45, 7) is -2.61. The molecule has 5 N–H and O–H groups in total. The van der Waals surface area contributed by atoms with Gasteiger partial charge >= 0.3 is 6.80 Å². The summed E-state index contributed by atoms with van der Waals surface area (Å²) in [6, 6.07) is 0. The van der Waals surface area contributed by atoms with Gasteiger partial charge in [-0.1, -0.05) is 0 Å². The van der Waals surface area contributed by atoms with Gasteiger partial charge in [-0.3, -0.25) is 18.6 Å². The number of aliphatic hydroxyl groups excluding tert-OH is 3. The molecule has 0 aliphatic carbocycles. The van der Waals surface area contributed by atoms with Gasteiger partial charge in [0.1, 0.15) is 6.10 Å². The molecule has 2 amide bonds. The van der Waals surface area contributed by atoms with Crippen LogP contribution in [0.3, 0.4) is 0 Å². The van der Waals surface area contributed by atoms with E-state index >= 15 is 0 Å². The maximum atomic E-state index is 13.0. The van der Waals surface area contributed by atoms with E-state index in [1.807, 2.05) is 0 Å². The molecule has 1 atom stereocenters.